The Labute approximate surface area is 179 Å². The van der Waals surface area contributed by atoms with E-state index in [1.165, 1.54) is 24.3 Å². The summed E-state index contributed by atoms with van der Waals surface area (Å²) in [6, 6.07) is 14.9. The number of nitriles is 1. The summed E-state index contributed by atoms with van der Waals surface area (Å²) in [4.78, 5) is 31.2. The molecular formula is C24H21N3O2S. The summed E-state index contributed by atoms with van der Waals surface area (Å²) < 4.78 is 0. The molecule has 0 N–H and O–H groups in total. The Morgan fingerprint density at radius 1 is 1.07 bits per heavy atom. The van der Waals surface area contributed by atoms with Crippen LogP contribution in [0.4, 0.5) is 10.8 Å². The number of thiazole rings is 1. The van der Waals surface area contributed by atoms with Crippen molar-refractivity contribution in [2.24, 2.45) is 0 Å². The molecule has 1 aromatic heterocycles. The molecule has 0 radical (unpaired) electrons. The highest BCUT2D eigenvalue weighted by Gasteiger charge is 2.21. The van der Waals surface area contributed by atoms with Crippen LogP contribution in [0.15, 0.2) is 53.4 Å². The number of aryl methyl sites for hydroxylation is 2. The Bertz CT molecular complexity index is 1200. The number of Topliss-reactive ketones (excluding diaryl/α,β-unsaturated/α-hetero) is 1. The summed E-state index contributed by atoms with van der Waals surface area (Å²) in [5.41, 5.74) is 4.59. The number of rotatable bonds is 5. The summed E-state index contributed by atoms with van der Waals surface area (Å²) >= 11 is 1.29. The minimum Gasteiger partial charge on any atom is -0.288 e. The van der Waals surface area contributed by atoms with Crippen molar-refractivity contribution in [2.75, 3.05) is 4.90 Å². The van der Waals surface area contributed by atoms with Crippen molar-refractivity contribution < 1.29 is 9.59 Å². The first-order valence-electron chi connectivity index (χ1n) is 9.38. The average molecular weight is 416 g/mol. The first kappa shape index (κ1) is 21.2. The molecule has 150 valence electrons. The van der Waals surface area contributed by atoms with Gasteiger partial charge in [-0.15, -0.1) is 11.3 Å². The van der Waals surface area contributed by atoms with Crippen molar-refractivity contribution in [1.29, 1.82) is 5.26 Å². The molecule has 6 heteroatoms. The molecule has 0 aliphatic rings. The van der Waals surface area contributed by atoms with E-state index in [4.69, 9.17) is 0 Å². The Kier molecular flexibility index (Phi) is 6.24. The number of amides is 1. The minimum atomic E-state index is -0.344. The summed E-state index contributed by atoms with van der Waals surface area (Å²) in [6.07, 6.45) is 1.47. The largest absolute Gasteiger partial charge is 0.288 e. The van der Waals surface area contributed by atoms with Crippen molar-refractivity contribution in [3.63, 3.8) is 0 Å². The predicted molar refractivity (Wildman–Crippen MR) is 120 cm³/mol. The zero-order valence-electron chi connectivity index (χ0n) is 17.3. The molecule has 0 bridgehead atoms. The van der Waals surface area contributed by atoms with Crippen molar-refractivity contribution in [1.82, 2.24) is 4.98 Å². The van der Waals surface area contributed by atoms with Crippen LogP contribution in [0.1, 0.15) is 39.7 Å². The van der Waals surface area contributed by atoms with Gasteiger partial charge in [0.2, 0.25) is 11.7 Å². The lowest BCUT2D eigenvalue weighted by atomic mass is 9.99. The topological polar surface area (TPSA) is 74.1 Å². The lowest BCUT2D eigenvalue weighted by Crippen LogP contribution is -2.23. The molecule has 0 atom stereocenters. The van der Waals surface area contributed by atoms with Gasteiger partial charge in [-0.25, -0.2) is 4.98 Å². The highest BCUT2D eigenvalue weighted by molar-refractivity contribution is 7.14. The number of carbonyl (C=O) groups is 2. The SMILES string of the molecule is CC(=O)N(c1nc(/C=C(\C#N)C(=O)c2ccccc2C)cs1)c1cccc(C)c1C. The summed E-state index contributed by atoms with van der Waals surface area (Å²) in [5.74, 6) is -0.506. The molecule has 0 aliphatic heterocycles. The average Bonchev–Trinajstić information content (AvgIpc) is 3.17. The molecule has 0 aliphatic carbocycles. The van der Waals surface area contributed by atoms with Gasteiger partial charge >= 0.3 is 0 Å². The van der Waals surface area contributed by atoms with Gasteiger partial charge in [-0.05, 0) is 49.6 Å². The first-order chi connectivity index (χ1) is 14.3. The number of anilines is 2. The van der Waals surface area contributed by atoms with Gasteiger partial charge in [0, 0.05) is 17.9 Å². The van der Waals surface area contributed by atoms with Crippen LogP contribution in [-0.4, -0.2) is 16.7 Å². The Hall–Kier alpha value is -3.56. The second-order valence-electron chi connectivity index (χ2n) is 6.94. The van der Waals surface area contributed by atoms with E-state index in [2.05, 4.69) is 4.98 Å². The fraction of sp³-hybridized carbons (Fsp3) is 0.167. The highest BCUT2D eigenvalue weighted by atomic mass is 32.1. The molecule has 3 aromatic rings. The Morgan fingerprint density at radius 2 is 1.77 bits per heavy atom. The minimum absolute atomic E-state index is 0.00209. The molecule has 0 spiro atoms. The number of nitrogens with zero attached hydrogens (tertiary/aromatic N) is 3. The third-order valence-corrected chi connectivity index (χ3v) is 5.72. The number of hydrogen-bond acceptors (Lipinski definition) is 5. The van der Waals surface area contributed by atoms with Crippen LogP contribution < -0.4 is 4.90 Å². The zero-order chi connectivity index (χ0) is 21.8. The van der Waals surface area contributed by atoms with Crippen molar-refractivity contribution in [3.05, 3.63) is 81.4 Å². The third kappa shape index (κ3) is 4.22. The quantitative estimate of drug-likeness (QED) is 0.311. The standard InChI is InChI=1S/C24H21N3O2S/c1-15-9-7-11-22(17(15)3)27(18(4)28)24-26-20(14-30-24)12-19(13-25)23(29)21-10-6-5-8-16(21)2/h5-12,14H,1-4H3/b19-12+. The molecule has 3 rings (SSSR count). The Morgan fingerprint density at radius 3 is 2.43 bits per heavy atom. The number of benzene rings is 2. The van der Waals surface area contributed by atoms with E-state index in [0.29, 0.717) is 16.4 Å². The van der Waals surface area contributed by atoms with Gasteiger partial charge in [-0.2, -0.15) is 5.26 Å². The molecule has 0 unspecified atom stereocenters. The van der Waals surface area contributed by atoms with E-state index in [-0.39, 0.29) is 17.3 Å². The lowest BCUT2D eigenvalue weighted by Gasteiger charge is -2.21. The van der Waals surface area contributed by atoms with Crippen LogP contribution in [0.3, 0.4) is 0 Å². The van der Waals surface area contributed by atoms with Crippen LogP contribution in [0.5, 0.6) is 0 Å². The van der Waals surface area contributed by atoms with Crippen LogP contribution in [-0.2, 0) is 4.79 Å². The number of aromatic nitrogens is 1. The normalized spacial score (nSPS) is 11.1. The fourth-order valence-corrected chi connectivity index (χ4v) is 3.94. The van der Waals surface area contributed by atoms with Gasteiger partial charge in [0.1, 0.15) is 11.6 Å². The molecule has 1 amide bonds. The second-order valence-corrected chi connectivity index (χ2v) is 7.78. The smallest absolute Gasteiger partial charge is 0.230 e. The predicted octanol–water partition coefficient (Wildman–Crippen LogP) is 5.54. The van der Waals surface area contributed by atoms with E-state index < -0.39 is 0 Å². The van der Waals surface area contributed by atoms with Gasteiger partial charge in [0.15, 0.2) is 5.13 Å². The summed E-state index contributed by atoms with van der Waals surface area (Å²) in [7, 11) is 0. The van der Waals surface area contributed by atoms with Gasteiger partial charge in [0.05, 0.1) is 11.4 Å². The maximum absolute atomic E-state index is 12.8. The third-order valence-electron chi connectivity index (χ3n) is 4.88. The number of hydrogen-bond donors (Lipinski definition) is 0. The summed E-state index contributed by atoms with van der Waals surface area (Å²) in [5, 5.41) is 11.8. The van der Waals surface area contributed by atoms with E-state index in [1.807, 2.05) is 57.2 Å². The number of ketones is 1. The van der Waals surface area contributed by atoms with E-state index in [0.717, 1.165) is 22.4 Å². The van der Waals surface area contributed by atoms with Crippen molar-refractivity contribution >= 4 is 39.9 Å². The molecule has 0 fully saturated rings. The molecule has 2 aromatic carbocycles. The van der Waals surface area contributed by atoms with Crippen LogP contribution in [0, 0.1) is 32.1 Å². The summed E-state index contributed by atoms with van der Waals surface area (Å²) in [6.45, 7) is 7.27. The fourth-order valence-electron chi connectivity index (χ4n) is 3.10. The number of carbonyl (C=O) groups excluding carboxylic acids is 2. The second kappa shape index (κ2) is 8.85. The number of allylic oxidation sites excluding steroid dienone is 1. The maximum Gasteiger partial charge on any atom is 0.230 e. The van der Waals surface area contributed by atoms with Crippen LogP contribution in [0.2, 0.25) is 0 Å². The van der Waals surface area contributed by atoms with Crippen molar-refractivity contribution in [2.45, 2.75) is 27.7 Å². The van der Waals surface area contributed by atoms with E-state index in [1.54, 1.807) is 22.4 Å². The van der Waals surface area contributed by atoms with Gasteiger partial charge < -0.3 is 0 Å². The zero-order valence-corrected chi connectivity index (χ0v) is 18.1. The Balaban J connectivity index is 1.99. The van der Waals surface area contributed by atoms with E-state index >= 15 is 0 Å². The monoisotopic (exact) mass is 415 g/mol. The van der Waals surface area contributed by atoms with Gasteiger partial charge in [0.25, 0.3) is 0 Å². The van der Waals surface area contributed by atoms with Gasteiger partial charge in [-0.1, -0.05) is 36.4 Å². The molecule has 1 heterocycles. The van der Waals surface area contributed by atoms with Crippen molar-refractivity contribution in [3.8, 4) is 6.07 Å². The van der Waals surface area contributed by atoms with E-state index in [9.17, 15) is 14.9 Å². The molecule has 5 nitrogen and oxygen atoms in total. The lowest BCUT2D eigenvalue weighted by molar-refractivity contribution is -0.115. The molecule has 0 saturated heterocycles. The van der Waals surface area contributed by atoms with Crippen LogP contribution in [0.25, 0.3) is 6.08 Å². The highest BCUT2D eigenvalue weighted by Crippen LogP contribution is 2.33. The molecule has 30 heavy (non-hydrogen) atoms. The maximum atomic E-state index is 12.8. The first-order valence-corrected chi connectivity index (χ1v) is 10.3. The van der Waals surface area contributed by atoms with Crippen LogP contribution >= 0.6 is 11.3 Å². The molecule has 0 saturated carbocycles. The van der Waals surface area contributed by atoms with Gasteiger partial charge in [-0.3, -0.25) is 14.5 Å². The molecular weight excluding hydrogens is 394 g/mol.